The summed E-state index contributed by atoms with van der Waals surface area (Å²) in [6.07, 6.45) is 2.08. The van der Waals surface area contributed by atoms with E-state index in [1.165, 1.54) is 11.8 Å². The van der Waals surface area contributed by atoms with E-state index < -0.39 is 0 Å². The lowest BCUT2D eigenvalue weighted by Gasteiger charge is -2.27. The van der Waals surface area contributed by atoms with Gasteiger partial charge in [0, 0.05) is 24.0 Å². The number of hydrogen-bond donors (Lipinski definition) is 1. The van der Waals surface area contributed by atoms with Gasteiger partial charge in [-0.3, -0.25) is 9.59 Å². The summed E-state index contributed by atoms with van der Waals surface area (Å²) < 4.78 is 0. The van der Waals surface area contributed by atoms with Crippen LogP contribution < -0.4 is 5.32 Å². The molecule has 1 heterocycles. The van der Waals surface area contributed by atoms with E-state index in [9.17, 15) is 9.59 Å². The molecule has 3 aromatic rings. The molecule has 4 rings (SSSR count). The second-order valence-electron chi connectivity index (χ2n) is 8.16. The third kappa shape index (κ3) is 5.44. The quantitative estimate of drug-likeness (QED) is 0.525. The van der Waals surface area contributed by atoms with Crippen molar-refractivity contribution in [1.82, 2.24) is 15.2 Å². The Morgan fingerprint density at radius 2 is 1.81 bits per heavy atom. The van der Waals surface area contributed by atoms with Gasteiger partial charge in [-0.2, -0.15) is 0 Å². The number of carbonyl (C=O) groups is 2. The van der Waals surface area contributed by atoms with Gasteiger partial charge in [-0.1, -0.05) is 60.3 Å². The first-order valence-corrected chi connectivity index (χ1v) is 11.7. The molecule has 0 spiro atoms. The van der Waals surface area contributed by atoms with Crippen molar-refractivity contribution in [2.24, 2.45) is 0 Å². The zero-order valence-electron chi connectivity index (χ0n) is 17.9. The van der Waals surface area contributed by atoms with Crippen LogP contribution in [0.5, 0.6) is 0 Å². The van der Waals surface area contributed by atoms with Crippen molar-refractivity contribution in [1.29, 1.82) is 0 Å². The SMILES string of the molecule is CC(C)N(Cc1ccccc1)C(=O)CSc1cc(C(=O)NC2CC2)c2ccccc2n1. The molecule has 1 N–H and O–H groups in total. The highest BCUT2D eigenvalue weighted by atomic mass is 32.2. The van der Waals surface area contributed by atoms with Crippen molar-refractivity contribution in [3.8, 4) is 0 Å². The summed E-state index contributed by atoms with van der Waals surface area (Å²) in [6.45, 7) is 4.64. The van der Waals surface area contributed by atoms with Gasteiger partial charge in [0.1, 0.15) is 0 Å². The van der Waals surface area contributed by atoms with Crippen LogP contribution in [-0.4, -0.2) is 39.5 Å². The van der Waals surface area contributed by atoms with Gasteiger partial charge in [-0.15, -0.1) is 0 Å². The Hall–Kier alpha value is -2.86. The summed E-state index contributed by atoms with van der Waals surface area (Å²) in [7, 11) is 0. The third-order valence-electron chi connectivity index (χ3n) is 5.33. The van der Waals surface area contributed by atoms with Crippen LogP contribution >= 0.6 is 11.8 Å². The Balaban J connectivity index is 1.50. The second-order valence-corrected chi connectivity index (χ2v) is 9.16. The van der Waals surface area contributed by atoms with E-state index in [-0.39, 0.29) is 29.7 Å². The number of pyridine rings is 1. The highest BCUT2D eigenvalue weighted by Gasteiger charge is 2.25. The normalized spacial score (nSPS) is 13.4. The monoisotopic (exact) mass is 433 g/mol. The molecule has 5 nitrogen and oxygen atoms in total. The van der Waals surface area contributed by atoms with Gasteiger partial charge in [-0.25, -0.2) is 4.98 Å². The molecule has 1 saturated carbocycles. The molecule has 2 amide bonds. The minimum Gasteiger partial charge on any atom is -0.349 e. The molecule has 0 saturated heterocycles. The highest BCUT2D eigenvalue weighted by molar-refractivity contribution is 7.99. The number of benzene rings is 2. The number of amides is 2. The molecule has 0 atom stereocenters. The van der Waals surface area contributed by atoms with Crippen LogP contribution in [0.15, 0.2) is 65.7 Å². The van der Waals surface area contributed by atoms with Crippen molar-refractivity contribution in [2.45, 2.75) is 50.3 Å². The number of nitrogens with zero attached hydrogens (tertiary/aromatic N) is 2. The predicted octanol–water partition coefficient (Wildman–Crippen LogP) is 4.66. The fourth-order valence-electron chi connectivity index (χ4n) is 3.46. The number of hydrogen-bond acceptors (Lipinski definition) is 4. The maximum absolute atomic E-state index is 13.0. The summed E-state index contributed by atoms with van der Waals surface area (Å²) in [5, 5.41) is 4.59. The molecule has 0 bridgehead atoms. The Morgan fingerprint density at radius 1 is 1.10 bits per heavy atom. The summed E-state index contributed by atoms with van der Waals surface area (Å²) in [5.74, 6) is 0.269. The van der Waals surface area contributed by atoms with Gasteiger partial charge >= 0.3 is 0 Å². The van der Waals surface area contributed by atoms with Crippen LogP contribution in [0, 0.1) is 0 Å². The minimum atomic E-state index is -0.0674. The van der Waals surface area contributed by atoms with E-state index in [0.717, 1.165) is 29.3 Å². The average molecular weight is 434 g/mol. The van der Waals surface area contributed by atoms with Gasteiger partial charge in [0.2, 0.25) is 5.91 Å². The van der Waals surface area contributed by atoms with E-state index in [4.69, 9.17) is 0 Å². The van der Waals surface area contributed by atoms with Crippen LogP contribution in [-0.2, 0) is 11.3 Å². The molecule has 1 aliphatic carbocycles. The second kappa shape index (κ2) is 9.52. The maximum Gasteiger partial charge on any atom is 0.252 e. The fraction of sp³-hybridized carbons (Fsp3) is 0.320. The summed E-state index contributed by atoms with van der Waals surface area (Å²) in [5.41, 5.74) is 2.50. The first-order valence-electron chi connectivity index (χ1n) is 10.7. The number of aromatic nitrogens is 1. The first-order chi connectivity index (χ1) is 15.0. The molecule has 1 aromatic heterocycles. The number of carbonyl (C=O) groups excluding carboxylic acids is 2. The molecule has 2 aromatic carbocycles. The first kappa shape index (κ1) is 21.4. The Kier molecular flexibility index (Phi) is 6.56. The van der Waals surface area contributed by atoms with Crippen LogP contribution in [0.1, 0.15) is 42.6 Å². The van der Waals surface area contributed by atoms with Crippen LogP contribution in [0.25, 0.3) is 10.9 Å². The van der Waals surface area contributed by atoms with E-state index in [1.807, 2.05) is 79.4 Å². The van der Waals surface area contributed by atoms with E-state index in [0.29, 0.717) is 17.1 Å². The van der Waals surface area contributed by atoms with Crippen molar-refractivity contribution in [3.05, 3.63) is 71.8 Å². The Morgan fingerprint density at radius 3 is 2.52 bits per heavy atom. The summed E-state index contributed by atoms with van der Waals surface area (Å²) >= 11 is 1.38. The predicted molar refractivity (Wildman–Crippen MR) is 125 cm³/mol. The molecule has 1 aliphatic rings. The summed E-state index contributed by atoms with van der Waals surface area (Å²) in [4.78, 5) is 32.3. The van der Waals surface area contributed by atoms with Gasteiger partial charge in [-0.05, 0) is 44.4 Å². The average Bonchev–Trinajstić information content (AvgIpc) is 3.59. The topological polar surface area (TPSA) is 62.3 Å². The van der Waals surface area contributed by atoms with Crippen LogP contribution in [0.4, 0.5) is 0 Å². The van der Waals surface area contributed by atoms with Crippen molar-refractivity contribution >= 4 is 34.5 Å². The molecule has 31 heavy (non-hydrogen) atoms. The largest absolute Gasteiger partial charge is 0.349 e. The zero-order valence-corrected chi connectivity index (χ0v) is 18.7. The number of nitrogens with one attached hydrogen (secondary N) is 1. The standard InChI is InChI=1S/C25H27N3O2S/c1-17(2)28(15-18-8-4-3-5-9-18)24(29)16-31-23-14-21(25(30)26-19-12-13-19)20-10-6-7-11-22(20)27-23/h3-11,14,17,19H,12-13,15-16H2,1-2H3,(H,26,30). The summed E-state index contributed by atoms with van der Waals surface area (Å²) in [6, 6.07) is 19.9. The number of para-hydroxylation sites is 1. The van der Waals surface area contributed by atoms with Crippen molar-refractivity contribution < 1.29 is 9.59 Å². The third-order valence-corrected chi connectivity index (χ3v) is 6.23. The molecule has 0 aliphatic heterocycles. The molecule has 160 valence electrons. The van der Waals surface area contributed by atoms with Crippen molar-refractivity contribution in [3.63, 3.8) is 0 Å². The van der Waals surface area contributed by atoms with E-state index in [1.54, 1.807) is 0 Å². The minimum absolute atomic E-state index is 0.0581. The lowest BCUT2D eigenvalue weighted by atomic mass is 10.1. The maximum atomic E-state index is 13.0. The molecule has 0 radical (unpaired) electrons. The van der Waals surface area contributed by atoms with Gasteiger partial charge in [0.25, 0.3) is 5.91 Å². The molecule has 1 fully saturated rings. The Labute approximate surface area is 187 Å². The van der Waals surface area contributed by atoms with Crippen LogP contribution in [0.3, 0.4) is 0 Å². The molecular weight excluding hydrogens is 406 g/mol. The smallest absolute Gasteiger partial charge is 0.252 e. The molecular formula is C25H27N3O2S. The van der Waals surface area contributed by atoms with Crippen LogP contribution in [0.2, 0.25) is 0 Å². The van der Waals surface area contributed by atoms with E-state index >= 15 is 0 Å². The van der Waals surface area contributed by atoms with Gasteiger partial charge in [0.15, 0.2) is 0 Å². The highest BCUT2D eigenvalue weighted by Crippen LogP contribution is 2.26. The van der Waals surface area contributed by atoms with Gasteiger partial charge < -0.3 is 10.2 Å². The zero-order chi connectivity index (χ0) is 21.8. The lowest BCUT2D eigenvalue weighted by molar-refractivity contribution is -0.130. The van der Waals surface area contributed by atoms with Crippen molar-refractivity contribution in [2.75, 3.05) is 5.75 Å². The number of fused-ring (bicyclic) bond motifs is 1. The molecule has 6 heteroatoms. The lowest BCUT2D eigenvalue weighted by Crippen LogP contribution is -2.37. The fourth-order valence-corrected chi connectivity index (χ4v) is 4.26. The number of rotatable bonds is 8. The Bertz CT molecular complexity index is 1080. The van der Waals surface area contributed by atoms with E-state index in [2.05, 4.69) is 10.3 Å². The molecule has 0 unspecified atom stereocenters. The van der Waals surface area contributed by atoms with Gasteiger partial charge in [0.05, 0.1) is 21.9 Å². The number of thioether (sulfide) groups is 1.